The van der Waals surface area contributed by atoms with Crippen molar-refractivity contribution in [1.82, 2.24) is 0 Å². The summed E-state index contributed by atoms with van der Waals surface area (Å²) in [5, 5.41) is 0. The summed E-state index contributed by atoms with van der Waals surface area (Å²) in [6.07, 6.45) is 2.33. The molecule has 1 atom stereocenters. The van der Waals surface area contributed by atoms with Crippen LogP contribution in [0.25, 0.3) is 0 Å². The van der Waals surface area contributed by atoms with E-state index in [0.29, 0.717) is 5.92 Å². The second kappa shape index (κ2) is 4.51. The van der Waals surface area contributed by atoms with Crippen LogP contribution in [0, 0.1) is 12.8 Å². The molecule has 0 aromatic heterocycles. The highest BCUT2D eigenvalue weighted by atomic mass is 32.1. The van der Waals surface area contributed by atoms with Crippen molar-refractivity contribution in [2.45, 2.75) is 19.8 Å². The summed E-state index contributed by atoms with van der Waals surface area (Å²) in [5.74, 6) is 1.60. The quantitative estimate of drug-likeness (QED) is 0.538. The van der Waals surface area contributed by atoms with E-state index in [1.54, 1.807) is 0 Å². The molecule has 0 aliphatic heterocycles. The zero-order valence-electron chi connectivity index (χ0n) is 4.85. The molecule has 0 aromatic rings. The Labute approximate surface area is 51.7 Å². The third-order valence-electron chi connectivity index (χ3n) is 1.11. The summed E-state index contributed by atoms with van der Waals surface area (Å²) in [7, 11) is 0. The SMILES string of the molecule is [CH2]C(CC)CCS. The van der Waals surface area contributed by atoms with Crippen molar-refractivity contribution in [2.24, 2.45) is 5.92 Å². The summed E-state index contributed by atoms with van der Waals surface area (Å²) in [4.78, 5) is 0. The van der Waals surface area contributed by atoms with Crippen LogP contribution in [0.2, 0.25) is 0 Å². The van der Waals surface area contributed by atoms with Gasteiger partial charge in [0.25, 0.3) is 0 Å². The van der Waals surface area contributed by atoms with E-state index in [0.717, 1.165) is 12.2 Å². The first kappa shape index (κ1) is 7.35. The maximum absolute atomic E-state index is 4.07. The largest absolute Gasteiger partial charge is 0.179 e. The molecule has 0 saturated carbocycles. The van der Waals surface area contributed by atoms with Crippen molar-refractivity contribution in [1.29, 1.82) is 0 Å². The Balaban J connectivity index is 2.83. The predicted octanol–water partition coefficient (Wildman–Crippen LogP) is 2.17. The normalized spacial score (nSPS) is 14.1. The molecule has 0 amide bonds. The molecular formula is C6H13S. The van der Waals surface area contributed by atoms with Gasteiger partial charge in [0.2, 0.25) is 0 Å². The summed E-state index contributed by atoms with van der Waals surface area (Å²) in [6.45, 7) is 6.05. The number of hydrogen-bond donors (Lipinski definition) is 1. The van der Waals surface area contributed by atoms with E-state index in [-0.39, 0.29) is 0 Å². The fourth-order valence-corrected chi connectivity index (χ4v) is 0.752. The second-order valence-corrected chi connectivity index (χ2v) is 2.23. The summed E-state index contributed by atoms with van der Waals surface area (Å²) in [6, 6.07) is 0. The smallest absolute Gasteiger partial charge is 0.00953 e. The van der Waals surface area contributed by atoms with E-state index < -0.39 is 0 Å². The van der Waals surface area contributed by atoms with Gasteiger partial charge in [-0.2, -0.15) is 12.6 Å². The van der Waals surface area contributed by atoms with Crippen LogP contribution in [0.15, 0.2) is 0 Å². The molecule has 43 valence electrons. The summed E-state index contributed by atoms with van der Waals surface area (Å²) < 4.78 is 0. The van der Waals surface area contributed by atoms with Crippen LogP contribution in [0.1, 0.15) is 19.8 Å². The molecule has 0 rings (SSSR count). The van der Waals surface area contributed by atoms with E-state index in [9.17, 15) is 0 Å². The van der Waals surface area contributed by atoms with E-state index in [1.165, 1.54) is 6.42 Å². The van der Waals surface area contributed by atoms with E-state index in [2.05, 4.69) is 26.5 Å². The molecule has 0 saturated heterocycles. The number of rotatable bonds is 3. The maximum Gasteiger partial charge on any atom is -0.00953 e. The molecule has 0 aliphatic carbocycles. The first-order valence-electron chi connectivity index (χ1n) is 2.75. The molecule has 1 unspecified atom stereocenters. The van der Waals surface area contributed by atoms with Crippen LogP contribution in [-0.2, 0) is 0 Å². The average molecular weight is 117 g/mol. The molecule has 1 heteroatoms. The minimum Gasteiger partial charge on any atom is -0.179 e. The maximum atomic E-state index is 4.07. The first-order valence-corrected chi connectivity index (χ1v) is 3.38. The van der Waals surface area contributed by atoms with Crippen molar-refractivity contribution in [2.75, 3.05) is 5.75 Å². The van der Waals surface area contributed by atoms with E-state index >= 15 is 0 Å². The number of hydrogen-bond acceptors (Lipinski definition) is 1. The van der Waals surface area contributed by atoms with Crippen molar-refractivity contribution >= 4 is 12.6 Å². The van der Waals surface area contributed by atoms with Crippen LogP contribution in [-0.4, -0.2) is 5.75 Å². The zero-order chi connectivity index (χ0) is 5.70. The molecule has 0 bridgehead atoms. The third-order valence-corrected chi connectivity index (χ3v) is 1.37. The molecule has 0 aromatic carbocycles. The summed E-state index contributed by atoms with van der Waals surface area (Å²) in [5.41, 5.74) is 0. The van der Waals surface area contributed by atoms with Gasteiger partial charge in [-0.05, 0) is 18.1 Å². The lowest BCUT2D eigenvalue weighted by Gasteiger charge is -2.01. The van der Waals surface area contributed by atoms with Gasteiger partial charge in [0.05, 0.1) is 0 Å². The molecule has 0 aliphatic rings. The lowest BCUT2D eigenvalue weighted by molar-refractivity contribution is 0.608. The first-order chi connectivity index (χ1) is 3.31. The molecule has 0 heterocycles. The highest BCUT2D eigenvalue weighted by molar-refractivity contribution is 7.80. The highest BCUT2D eigenvalue weighted by Crippen LogP contribution is 2.05. The molecule has 7 heavy (non-hydrogen) atoms. The standard InChI is InChI=1S/C6H13S/c1-3-6(2)4-5-7/h6-7H,2-5H2,1H3. The predicted molar refractivity (Wildman–Crippen MR) is 37.6 cm³/mol. The minimum atomic E-state index is 0.623. The van der Waals surface area contributed by atoms with Gasteiger partial charge in [-0.25, -0.2) is 0 Å². The van der Waals surface area contributed by atoms with Gasteiger partial charge in [-0.3, -0.25) is 0 Å². The van der Waals surface area contributed by atoms with Crippen molar-refractivity contribution in [3.63, 3.8) is 0 Å². The fraction of sp³-hybridized carbons (Fsp3) is 0.833. The topological polar surface area (TPSA) is 0 Å². The van der Waals surface area contributed by atoms with Gasteiger partial charge in [-0.1, -0.05) is 20.3 Å². The van der Waals surface area contributed by atoms with Gasteiger partial charge < -0.3 is 0 Å². The van der Waals surface area contributed by atoms with E-state index in [1.807, 2.05) is 0 Å². The van der Waals surface area contributed by atoms with Crippen LogP contribution in [0.5, 0.6) is 0 Å². The Bertz CT molecular complexity index is 35.2. The van der Waals surface area contributed by atoms with Crippen molar-refractivity contribution in [3.05, 3.63) is 6.92 Å². The Kier molecular flexibility index (Phi) is 4.73. The van der Waals surface area contributed by atoms with Crippen LogP contribution >= 0.6 is 12.6 Å². The zero-order valence-corrected chi connectivity index (χ0v) is 5.75. The van der Waals surface area contributed by atoms with Crippen molar-refractivity contribution < 1.29 is 0 Å². The molecule has 0 N–H and O–H groups in total. The van der Waals surface area contributed by atoms with Crippen LogP contribution < -0.4 is 0 Å². The molecule has 1 radical (unpaired) electrons. The van der Waals surface area contributed by atoms with Gasteiger partial charge in [0.15, 0.2) is 0 Å². The van der Waals surface area contributed by atoms with Crippen molar-refractivity contribution in [3.8, 4) is 0 Å². The van der Waals surface area contributed by atoms with Crippen LogP contribution in [0.3, 0.4) is 0 Å². The molecular weight excluding hydrogens is 104 g/mol. The molecule has 0 nitrogen and oxygen atoms in total. The third kappa shape index (κ3) is 4.20. The highest BCUT2D eigenvalue weighted by Gasteiger charge is 1.93. The Morgan fingerprint density at radius 2 is 2.29 bits per heavy atom. The van der Waals surface area contributed by atoms with E-state index in [4.69, 9.17) is 0 Å². The molecule has 0 fully saturated rings. The monoisotopic (exact) mass is 117 g/mol. The summed E-state index contributed by atoms with van der Waals surface area (Å²) >= 11 is 4.07. The Morgan fingerprint density at radius 1 is 1.71 bits per heavy atom. The van der Waals surface area contributed by atoms with Crippen LogP contribution in [0.4, 0.5) is 0 Å². The number of thiol groups is 1. The Morgan fingerprint density at radius 3 is 2.43 bits per heavy atom. The van der Waals surface area contributed by atoms with Gasteiger partial charge in [0.1, 0.15) is 0 Å². The average Bonchev–Trinajstić information content (AvgIpc) is 1.68. The Hall–Kier alpha value is 0.350. The van der Waals surface area contributed by atoms with Gasteiger partial charge >= 0.3 is 0 Å². The lowest BCUT2D eigenvalue weighted by Crippen LogP contribution is -1.91. The minimum absolute atomic E-state index is 0.623. The van der Waals surface area contributed by atoms with Gasteiger partial charge in [-0.15, -0.1) is 0 Å². The second-order valence-electron chi connectivity index (χ2n) is 1.79. The lowest BCUT2D eigenvalue weighted by atomic mass is 10.1. The molecule has 0 spiro atoms. The fourth-order valence-electron chi connectivity index (χ4n) is 0.387. The van der Waals surface area contributed by atoms with Gasteiger partial charge in [0, 0.05) is 0 Å².